The predicted octanol–water partition coefficient (Wildman–Crippen LogP) is 18.4. The molecule has 3 atom stereocenters. The van der Waals surface area contributed by atoms with E-state index in [1.54, 1.807) is 0 Å². The molecule has 0 aliphatic rings. The Morgan fingerprint density at radius 1 is 0.493 bits per heavy atom. The number of likely N-dealkylation sites (N-methyl/N-ethyl adjacent to an activating group) is 1. The monoisotopic (exact) mass is 996 g/mol. The van der Waals surface area contributed by atoms with Crippen LogP contribution in [0.4, 0.5) is 0 Å². The lowest BCUT2D eigenvalue weighted by Crippen LogP contribution is -2.46. The Hall–Kier alpha value is -1.02. The number of carbonyl (C=O) groups is 1. The van der Waals surface area contributed by atoms with E-state index in [1.807, 2.05) is 21.1 Å². The number of quaternary nitrogens is 1. The molecule has 0 spiro atoms. The molecule has 9 heteroatoms. The first-order chi connectivity index (χ1) is 33.5. The molecule has 8 nitrogen and oxygen atoms in total. The fraction of sp³-hybridized carbons (Fsp3) is 0.917. The summed E-state index contributed by atoms with van der Waals surface area (Å²) in [5, 5.41) is 14.0. The third-order valence-corrected chi connectivity index (χ3v) is 14.9. The lowest BCUT2D eigenvalue weighted by atomic mass is 10.0. The number of phosphoric ester groups is 1. The maximum Gasteiger partial charge on any atom is 0.472 e. The number of nitrogens with one attached hydrogen (secondary N) is 1. The zero-order valence-corrected chi connectivity index (χ0v) is 47.7. The summed E-state index contributed by atoms with van der Waals surface area (Å²) < 4.78 is 23.7. The van der Waals surface area contributed by atoms with Gasteiger partial charge in [0.05, 0.1) is 39.9 Å². The molecule has 3 unspecified atom stereocenters. The molecule has 0 aliphatic heterocycles. The van der Waals surface area contributed by atoms with Gasteiger partial charge in [0, 0.05) is 6.42 Å². The van der Waals surface area contributed by atoms with Gasteiger partial charge in [-0.2, -0.15) is 0 Å². The number of aliphatic hydroxyl groups excluding tert-OH is 1. The average molecular weight is 997 g/mol. The first kappa shape index (κ1) is 68.0. The van der Waals surface area contributed by atoms with Gasteiger partial charge in [-0.25, -0.2) is 4.57 Å². The van der Waals surface area contributed by atoms with Crippen LogP contribution in [-0.2, 0) is 18.4 Å². The Kier molecular flexibility index (Phi) is 51.1. The molecule has 410 valence electrons. The summed E-state index contributed by atoms with van der Waals surface area (Å²) in [4.78, 5) is 23.3. The molecule has 0 saturated heterocycles. The molecule has 0 rings (SSSR count). The Bertz CT molecular complexity index is 1170. The molecule has 0 aliphatic carbocycles. The van der Waals surface area contributed by atoms with Crippen molar-refractivity contribution in [1.82, 2.24) is 5.32 Å². The van der Waals surface area contributed by atoms with Gasteiger partial charge in [0.25, 0.3) is 0 Å². The topological polar surface area (TPSA) is 105 Å². The van der Waals surface area contributed by atoms with Gasteiger partial charge in [0.15, 0.2) is 0 Å². The Balaban J connectivity index is 3.89. The predicted molar refractivity (Wildman–Crippen MR) is 300 cm³/mol. The standard InChI is InChI=1S/C60H119N2O6P/c1-6-8-10-12-14-16-18-20-21-22-23-24-25-26-27-28-29-30-31-32-33-34-35-36-37-38-39-40-41-42-44-46-48-50-52-54-60(64)61-58(57-68-69(65,66)67-56-55-62(3,4)5)59(63)53-51-49-47-45-43-19-17-15-13-11-9-7-2/h18,20,22-23,58-59,63H,6-17,19,21,24-57H2,1-5H3,(H-,61,64,65,66)/p+1/b20-18-,23-22-. The molecular formula is C60H120N2O6P+. The average Bonchev–Trinajstić information content (AvgIpc) is 3.31. The number of phosphoric acid groups is 1. The summed E-state index contributed by atoms with van der Waals surface area (Å²) in [5.74, 6) is -0.139. The number of amides is 1. The zero-order chi connectivity index (χ0) is 50.6. The zero-order valence-electron chi connectivity index (χ0n) is 46.8. The quantitative estimate of drug-likeness (QED) is 0.0243. The first-order valence-electron chi connectivity index (χ1n) is 30.2. The van der Waals surface area contributed by atoms with E-state index in [9.17, 15) is 19.4 Å². The molecule has 0 radical (unpaired) electrons. The summed E-state index contributed by atoms with van der Waals surface area (Å²) in [7, 11) is 1.63. The second-order valence-electron chi connectivity index (χ2n) is 22.1. The highest BCUT2D eigenvalue weighted by atomic mass is 31.2. The van der Waals surface area contributed by atoms with Crippen LogP contribution < -0.4 is 5.32 Å². The van der Waals surface area contributed by atoms with Gasteiger partial charge in [0.1, 0.15) is 13.2 Å². The SMILES string of the molecule is CCCCCCC/C=C\C/C=C\CCCCCCCCCCCCCCCCCCCCCCCCCC(=O)NC(COP(=O)(O)OCC[N+](C)(C)C)C(O)CCCCCCCCCCCCCC. The fourth-order valence-corrected chi connectivity index (χ4v) is 9.93. The van der Waals surface area contributed by atoms with Crippen molar-refractivity contribution in [3.63, 3.8) is 0 Å². The highest BCUT2D eigenvalue weighted by Crippen LogP contribution is 2.43. The first-order valence-corrected chi connectivity index (χ1v) is 31.7. The molecule has 0 bridgehead atoms. The van der Waals surface area contributed by atoms with Crippen molar-refractivity contribution in [3.8, 4) is 0 Å². The van der Waals surface area contributed by atoms with Crippen LogP contribution in [0.15, 0.2) is 24.3 Å². The molecule has 0 heterocycles. The highest BCUT2D eigenvalue weighted by Gasteiger charge is 2.28. The molecule has 3 N–H and O–H groups in total. The van der Waals surface area contributed by atoms with Crippen molar-refractivity contribution < 1.29 is 32.9 Å². The Labute approximate surface area is 430 Å². The van der Waals surface area contributed by atoms with E-state index in [2.05, 4.69) is 43.5 Å². The molecule has 0 aromatic carbocycles. The van der Waals surface area contributed by atoms with Crippen LogP contribution in [0.5, 0.6) is 0 Å². The van der Waals surface area contributed by atoms with Gasteiger partial charge in [-0.1, -0.05) is 276 Å². The van der Waals surface area contributed by atoms with Gasteiger partial charge in [0.2, 0.25) is 5.91 Å². The summed E-state index contributed by atoms with van der Waals surface area (Å²) in [5.41, 5.74) is 0. The fourth-order valence-electron chi connectivity index (χ4n) is 9.20. The lowest BCUT2D eigenvalue weighted by molar-refractivity contribution is -0.870. The molecule has 1 amide bonds. The minimum atomic E-state index is -4.31. The maximum absolute atomic E-state index is 13.0. The number of allylic oxidation sites excluding steroid dienone is 4. The number of nitrogens with zero attached hydrogens (tertiary/aromatic N) is 1. The molecular weight excluding hydrogens is 876 g/mol. The third-order valence-electron chi connectivity index (χ3n) is 14.0. The van der Waals surface area contributed by atoms with Crippen molar-refractivity contribution in [2.24, 2.45) is 0 Å². The van der Waals surface area contributed by atoms with Crippen LogP contribution in [0.25, 0.3) is 0 Å². The number of unbranched alkanes of at least 4 members (excludes halogenated alkanes) is 39. The normalized spacial score (nSPS) is 14.0. The molecule has 69 heavy (non-hydrogen) atoms. The summed E-state index contributed by atoms with van der Waals surface area (Å²) in [6, 6.07) is -0.756. The maximum atomic E-state index is 13.0. The third kappa shape index (κ3) is 54.6. The number of rotatable bonds is 56. The summed E-state index contributed by atoms with van der Waals surface area (Å²) in [6.07, 6.45) is 65.5. The van der Waals surface area contributed by atoms with Crippen molar-refractivity contribution >= 4 is 13.7 Å². The van der Waals surface area contributed by atoms with Gasteiger partial charge in [-0.15, -0.1) is 0 Å². The van der Waals surface area contributed by atoms with Crippen molar-refractivity contribution in [2.75, 3.05) is 40.9 Å². The van der Waals surface area contributed by atoms with Gasteiger partial charge in [-0.05, 0) is 44.9 Å². The van der Waals surface area contributed by atoms with Crippen molar-refractivity contribution in [1.29, 1.82) is 0 Å². The number of aliphatic hydroxyl groups is 1. The van der Waals surface area contributed by atoms with Crippen molar-refractivity contribution in [3.05, 3.63) is 24.3 Å². The number of carbonyl (C=O) groups excluding carboxylic acids is 1. The van der Waals surface area contributed by atoms with Gasteiger partial charge < -0.3 is 19.8 Å². The van der Waals surface area contributed by atoms with Crippen molar-refractivity contribution in [2.45, 2.75) is 315 Å². The van der Waals surface area contributed by atoms with E-state index in [0.717, 1.165) is 44.9 Å². The second-order valence-corrected chi connectivity index (χ2v) is 23.5. The van der Waals surface area contributed by atoms with Crippen LogP contribution in [0.1, 0.15) is 303 Å². The van der Waals surface area contributed by atoms with E-state index in [4.69, 9.17) is 9.05 Å². The number of hydrogen-bond acceptors (Lipinski definition) is 5. The molecule has 0 aromatic rings. The smallest absolute Gasteiger partial charge is 0.391 e. The number of hydrogen-bond donors (Lipinski definition) is 3. The molecule has 0 fully saturated rings. The molecule has 0 aromatic heterocycles. The van der Waals surface area contributed by atoms with Crippen LogP contribution in [0.2, 0.25) is 0 Å². The van der Waals surface area contributed by atoms with E-state index in [0.29, 0.717) is 23.9 Å². The largest absolute Gasteiger partial charge is 0.472 e. The van der Waals surface area contributed by atoms with E-state index < -0.39 is 20.0 Å². The minimum absolute atomic E-state index is 0.0773. The lowest BCUT2D eigenvalue weighted by Gasteiger charge is -2.26. The van der Waals surface area contributed by atoms with Crippen LogP contribution >= 0.6 is 7.82 Å². The highest BCUT2D eigenvalue weighted by molar-refractivity contribution is 7.47. The minimum Gasteiger partial charge on any atom is -0.391 e. The van der Waals surface area contributed by atoms with Gasteiger partial charge in [-0.3, -0.25) is 13.8 Å². The van der Waals surface area contributed by atoms with Gasteiger partial charge >= 0.3 is 7.82 Å². The van der Waals surface area contributed by atoms with E-state index >= 15 is 0 Å². The second kappa shape index (κ2) is 51.9. The summed E-state index contributed by atoms with van der Waals surface area (Å²) in [6.45, 7) is 4.90. The Morgan fingerprint density at radius 2 is 0.826 bits per heavy atom. The Morgan fingerprint density at radius 3 is 1.19 bits per heavy atom. The summed E-state index contributed by atoms with van der Waals surface area (Å²) >= 11 is 0. The van der Waals surface area contributed by atoms with Crippen LogP contribution in [-0.4, -0.2) is 73.4 Å². The van der Waals surface area contributed by atoms with E-state index in [-0.39, 0.29) is 19.1 Å². The van der Waals surface area contributed by atoms with Crippen LogP contribution in [0, 0.1) is 0 Å². The van der Waals surface area contributed by atoms with Crippen LogP contribution in [0.3, 0.4) is 0 Å². The van der Waals surface area contributed by atoms with E-state index in [1.165, 1.54) is 231 Å². The molecule has 0 saturated carbocycles.